The first-order valence-electron chi connectivity index (χ1n) is 15.3. The van der Waals surface area contributed by atoms with Crippen LogP contribution in [0.15, 0.2) is 112 Å². The zero-order chi connectivity index (χ0) is 33.5. The number of benzene rings is 4. The topological polar surface area (TPSA) is 183 Å². The highest BCUT2D eigenvalue weighted by atomic mass is 16.5. The third-order valence-electron chi connectivity index (χ3n) is 7.83. The standard InChI is InChI=1S/C36H33N5O7/c42-29-15-13-27(28-14-16-31(44)38-34(28)29)30(43)20-37-18-17-22-9-11-24(12-10-22)35-39-32(48-41-35)21-47-26-8-4-7-25(19-26)33(40-36(45)46)23-5-2-1-3-6-23/h1-16,19,30,33,37,40,42-43H,17-18,20-21H2,(H,38,44)(H,45,46)/t30-,33?/m0/s1. The van der Waals surface area contributed by atoms with Gasteiger partial charge >= 0.3 is 6.09 Å². The Morgan fingerprint density at radius 2 is 1.73 bits per heavy atom. The zero-order valence-electron chi connectivity index (χ0n) is 25.7. The maximum atomic E-state index is 11.7. The summed E-state index contributed by atoms with van der Waals surface area (Å²) in [6, 6.07) is 29.8. The molecule has 2 atom stereocenters. The molecule has 0 radical (unpaired) electrons. The number of phenols is 1. The van der Waals surface area contributed by atoms with E-state index < -0.39 is 18.2 Å². The first kappa shape index (κ1) is 32.0. The number of aliphatic hydroxyl groups is 1. The van der Waals surface area contributed by atoms with Crippen molar-refractivity contribution >= 4 is 17.0 Å². The monoisotopic (exact) mass is 647 g/mol. The average molecular weight is 648 g/mol. The van der Waals surface area contributed by atoms with Gasteiger partial charge in [-0.05, 0) is 59.5 Å². The summed E-state index contributed by atoms with van der Waals surface area (Å²) >= 11 is 0. The van der Waals surface area contributed by atoms with Crippen LogP contribution in [0.2, 0.25) is 0 Å². The van der Waals surface area contributed by atoms with Gasteiger partial charge in [-0.2, -0.15) is 4.98 Å². The number of aromatic amines is 1. The number of hydrogen-bond acceptors (Lipinski definition) is 9. The van der Waals surface area contributed by atoms with Gasteiger partial charge in [-0.25, -0.2) is 4.79 Å². The minimum Gasteiger partial charge on any atom is -0.506 e. The van der Waals surface area contributed by atoms with Crippen LogP contribution in [-0.4, -0.2) is 49.6 Å². The normalized spacial score (nSPS) is 12.4. The Hall–Kier alpha value is -5.98. The number of hydrogen-bond donors (Lipinski definition) is 6. The highest BCUT2D eigenvalue weighted by molar-refractivity contribution is 5.87. The molecule has 0 saturated carbocycles. The molecule has 12 nitrogen and oxygen atoms in total. The van der Waals surface area contributed by atoms with E-state index in [0.717, 1.165) is 22.3 Å². The van der Waals surface area contributed by atoms with Crippen molar-refractivity contribution in [3.63, 3.8) is 0 Å². The van der Waals surface area contributed by atoms with E-state index in [1.807, 2.05) is 60.7 Å². The van der Waals surface area contributed by atoms with Crippen molar-refractivity contribution in [2.75, 3.05) is 13.1 Å². The molecule has 0 fully saturated rings. The molecule has 1 amide bonds. The van der Waals surface area contributed by atoms with E-state index in [0.29, 0.717) is 53.4 Å². The molecule has 48 heavy (non-hydrogen) atoms. The number of nitrogens with zero attached hydrogens (tertiary/aromatic N) is 2. The highest BCUT2D eigenvalue weighted by Gasteiger charge is 2.18. The molecule has 0 aliphatic rings. The first-order valence-corrected chi connectivity index (χ1v) is 15.3. The Labute approximate surface area is 274 Å². The van der Waals surface area contributed by atoms with Gasteiger partial charge < -0.3 is 40.2 Å². The van der Waals surface area contributed by atoms with Crippen LogP contribution in [0.3, 0.4) is 0 Å². The number of carbonyl (C=O) groups is 1. The van der Waals surface area contributed by atoms with Gasteiger partial charge in [0.25, 0.3) is 5.89 Å². The van der Waals surface area contributed by atoms with E-state index in [-0.39, 0.29) is 17.9 Å². The quantitative estimate of drug-likeness (QED) is 0.0924. The lowest BCUT2D eigenvalue weighted by Crippen LogP contribution is -2.27. The number of fused-ring (bicyclic) bond motifs is 1. The predicted octanol–water partition coefficient (Wildman–Crippen LogP) is 5.09. The number of aromatic nitrogens is 3. The van der Waals surface area contributed by atoms with E-state index >= 15 is 0 Å². The summed E-state index contributed by atoms with van der Waals surface area (Å²) in [5, 5.41) is 40.7. The summed E-state index contributed by atoms with van der Waals surface area (Å²) < 4.78 is 11.3. The van der Waals surface area contributed by atoms with Crippen LogP contribution < -0.4 is 20.9 Å². The van der Waals surface area contributed by atoms with Crippen molar-refractivity contribution in [1.29, 1.82) is 0 Å². The van der Waals surface area contributed by atoms with Crippen LogP contribution in [-0.2, 0) is 13.0 Å². The van der Waals surface area contributed by atoms with Crippen LogP contribution in [0.1, 0.15) is 40.3 Å². The number of amides is 1. The Morgan fingerprint density at radius 1 is 0.938 bits per heavy atom. The molecule has 6 aromatic rings. The van der Waals surface area contributed by atoms with Crippen molar-refractivity contribution in [3.8, 4) is 22.9 Å². The Kier molecular flexibility index (Phi) is 9.75. The molecule has 0 aliphatic heterocycles. The molecule has 1 unspecified atom stereocenters. The number of carboxylic acid groups (broad SMARTS) is 1. The lowest BCUT2D eigenvalue weighted by molar-refractivity contribution is 0.176. The van der Waals surface area contributed by atoms with Gasteiger partial charge in [-0.1, -0.05) is 78.0 Å². The molecular formula is C36H33N5O7. The Morgan fingerprint density at radius 3 is 2.52 bits per heavy atom. The number of nitrogens with one attached hydrogen (secondary N) is 3. The third kappa shape index (κ3) is 7.69. The third-order valence-corrected chi connectivity index (χ3v) is 7.83. The number of pyridine rings is 1. The molecule has 6 N–H and O–H groups in total. The van der Waals surface area contributed by atoms with Gasteiger partial charge in [0.15, 0.2) is 6.61 Å². The second kappa shape index (κ2) is 14.6. The van der Waals surface area contributed by atoms with E-state index in [4.69, 9.17) is 9.26 Å². The second-order valence-electron chi connectivity index (χ2n) is 11.1. The smallest absolute Gasteiger partial charge is 0.405 e. The zero-order valence-corrected chi connectivity index (χ0v) is 25.7. The summed E-state index contributed by atoms with van der Waals surface area (Å²) in [5.41, 5.74) is 3.97. The molecule has 6 rings (SSSR count). The van der Waals surface area contributed by atoms with Crippen LogP contribution in [0.4, 0.5) is 4.79 Å². The van der Waals surface area contributed by atoms with Crippen molar-refractivity contribution in [2.45, 2.75) is 25.2 Å². The van der Waals surface area contributed by atoms with Gasteiger partial charge in [0.2, 0.25) is 11.4 Å². The molecule has 0 aliphatic carbocycles. The summed E-state index contributed by atoms with van der Waals surface area (Å²) in [6.07, 6.45) is -1.24. The van der Waals surface area contributed by atoms with Crippen molar-refractivity contribution in [1.82, 2.24) is 25.8 Å². The minimum atomic E-state index is -1.13. The van der Waals surface area contributed by atoms with Gasteiger partial charge in [-0.3, -0.25) is 4.79 Å². The van der Waals surface area contributed by atoms with E-state index in [9.17, 15) is 24.9 Å². The fraction of sp³-hybridized carbons (Fsp3) is 0.167. The molecular weight excluding hydrogens is 614 g/mol. The lowest BCUT2D eigenvalue weighted by atomic mass is 9.99. The lowest BCUT2D eigenvalue weighted by Gasteiger charge is -2.18. The summed E-state index contributed by atoms with van der Waals surface area (Å²) in [4.78, 5) is 30.2. The maximum absolute atomic E-state index is 11.7. The van der Waals surface area contributed by atoms with Crippen LogP contribution in [0.5, 0.6) is 11.5 Å². The highest BCUT2D eigenvalue weighted by Crippen LogP contribution is 2.29. The van der Waals surface area contributed by atoms with Gasteiger partial charge in [-0.15, -0.1) is 0 Å². The maximum Gasteiger partial charge on any atom is 0.405 e. The van der Waals surface area contributed by atoms with Crippen LogP contribution >= 0.6 is 0 Å². The number of ether oxygens (including phenoxy) is 1. The predicted molar refractivity (Wildman–Crippen MR) is 178 cm³/mol. The number of aliphatic hydroxyl groups excluding tert-OH is 1. The molecule has 244 valence electrons. The molecule has 0 spiro atoms. The van der Waals surface area contributed by atoms with E-state index in [1.165, 1.54) is 12.1 Å². The molecule has 12 heteroatoms. The fourth-order valence-corrected chi connectivity index (χ4v) is 5.44. The first-order chi connectivity index (χ1) is 23.3. The SMILES string of the molecule is O=C(O)NC(c1ccccc1)c1cccc(OCc2nc(-c3ccc(CCNC[C@H](O)c4ccc(O)c5[nH]c(=O)ccc45)cc3)no2)c1. The number of rotatable bonds is 13. The summed E-state index contributed by atoms with van der Waals surface area (Å²) in [6.45, 7) is 0.945. The fourth-order valence-electron chi connectivity index (χ4n) is 5.44. The van der Waals surface area contributed by atoms with E-state index in [2.05, 4.69) is 25.8 Å². The number of aromatic hydroxyl groups is 1. The molecule has 0 saturated heterocycles. The number of H-pyrrole nitrogens is 1. The summed E-state index contributed by atoms with van der Waals surface area (Å²) in [5.74, 6) is 1.19. The Bertz CT molecular complexity index is 2060. The van der Waals surface area contributed by atoms with Crippen LogP contribution in [0, 0.1) is 0 Å². The molecule has 4 aromatic carbocycles. The van der Waals surface area contributed by atoms with Gasteiger partial charge in [0.1, 0.15) is 11.5 Å². The van der Waals surface area contributed by atoms with Gasteiger partial charge in [0, 0.05) is 23.6 Å². The molecule has 2 heterocycles. The molecule has 2 aromatic heterocycles. The van der Waals surface area contributed by atoms with Crippen molar-refractivity contribution < 1.29 is 29.4 Å². The minimum absolute atomic E-state index is 0.0340. The largest absolute Gasteiger partial charge is 0.506 e. The van der Waals surface area contributed by atoms with E-state index in [1.54, 1.807) is 30.3 Å². The van der Waals surface area contributed by atoms with Crippen molar-refractivity contribution in [3.05, 3.63) is 142 Å². The van der Waals surface area contributed by atoms with Gasteiger partial charge in [0.05, 0.1) is 17.7 Å². The average Bonchev–Trinajstić information content (AvgIpc) is 3.58. The Balaban J connectivity index is 1.01. The molecule has 0 bridgehead atoms. The van der Waals surface area contributed by atoms with Crippen LogP contribution in [0.25, 0.3) is 22.3 Å². The second-order valence-corrected chi connectivity index (χ2v) is 11.1. The summed E-state index contributed by atoms with van der Waals surface area (Å²) in [7, 11) is 0. The number of phenolic OH excluding ortho intramolecular Hbond substituents is 1. The van der Waals surface area contributed by atoms with Crippen molar-refractivity contribution in [2.24, 2.45) is 0 Å².